The van der Waals surface area contributed by atoms with Crippen molar-refractivity contribution in [3.63, 3.8) is 0 Å². The van der Waals surface area contributed by atoms with Crippen LogP contribution < -0.4 is 5.32 Å². The summed E-state index contributed by atoms with van der Waals surface area (Å²) in [5.74, 6) is 0. The Labute approximate surface area is 157 Å². The highest BCUT2D eigenvalue weighted by Crippen LogP contribution is 2.39. The molecule has 1 aromatic heterocycles. The highest BCUT2D eigenvalue weighted by molar-refractivity contribution is 7.19. The minimum absolute atomic E-state index is 0.219. The molecule has 0 radical (unpaired) electrons. The Kier molecular flexibility index (Phi) is 5.46. The molecule has 0 saturated carbocycles. The number of carbonyl (C=O) groups excluding carboxylic acids is 1. The number of amides is 1. The minimum Gasteiger partial charge on any atom is -0.450 e. The SMILES string of the molecule is CCOC(=O)Nc1sc(-c2ccc(C(F)(F)F)cc2)nc1-c1ccccc1. The van der Waals surface area contributed by atoms with Gasteiger partial charge in [-0.25, -0.2) is 9.78 Å². The van der Waals surface area contributed by atoms with Gasteiger partial charge in [0.2, 0.25) is 0 Å². The van der Waals surface area contributed by atoms with Gasteiger partial charge < -0.3 is 4.74 Å². The zero-order chi connectivity index (χ0) is 19.4. The van der Waals surface area contributed by atoms with E-state index in [9.17, 15) is 18.0 Å². The summed E-state index contributed by atoms with van der Waals surface area (Å²) in [4.78, 5) is 16.3. The zero-order valence-corrected chi connectivity index (χ0v) is 15.0. The first kappa shape index (κ1) is 18.9. The Hall–Kier alpha value is -2.87. The van der Waals surface area contributed by atoms with Crippen molar-refractivity contribution in [3.8, 4) is 21.8 Å². The maximum atomic E-state index is 12.8. The molecule has 0 bridgehead atoms. The number of alkyl halides is 3. The molecule has 1 amide bonds. The van der Waals surface area contributed by atoms with Gasteiger partial charge in [-0.3, -0.25) is 5.32 Å². The predicted octanol–water partition coefficient (Wildman–Crippen LogP) is 6.06. The molecule has 3 rings (SSSR count). The maximum absolute atomic E-state index is 12.8. The zero-order valence-electron chi connectivity index (χ0n) is 14.2. The van der Waals surface area contributed by atoms with Crippen molar-refractivity contribution >= 4 is 22.4 Å². The van der Waals surface area contributed by atoms with Crippen LogP contribution in [0.25, 0.3) is 21.8 Å². The Bertz CT molecular complexity index is 922. The second-order valence-electron chi connectivity index (χ2n) is 5.48. The molecule has 1 N–H and O–H groups in total. The number of ether oxygens (including phenoxy) is 1. The minimum atomic E-state index is -4.40. The van der Waals surface area contributed by atoms with Crippen LogP contribution >= 0.6 is 11.3 Å². The normalized spacial score (nSPS) is 11.3. The van der Waals surface area contributed by atoms with Crippen LogP contribution in [0.4, 0.5) is 23.0 Å². The van der Waals surface area contributed by atoms with Crippen molar-refractivity contribution in [2.75, 3.05) is 11.9 Å². The van der Waals surface area contributed by atoms with Gasteiger partial charge in [-0.2, -0.15) is 13.2 Å². The van der Waals surface area contributed by atoms with E-state index in [1.54, 1.807) is 6.92 Å². The smallest absolute Gasteiger partial charge is 0.416 e. The van der Waals surface area contributed by atoms with Crippen molar-refractivity contribution < 1.29 is 22.7 Å². The summed E-state index contributed by atoms with van der Waals surface area (Å²) in [5, 5.41) is 3.61. The van der Waals surface area contributed by atoms with Gasteiger partial charge in [0.25, 0.3) is 0 Å². The number of nitrogens with one attached hydrogen (secondary N) is 1. The Morgan fingerprint density at radius 1 is 1.07 bits per heavy atom. The first-order chi connectivity index (χ1) is 12.9. The summed E-state index contributed by atoms with van der Waals surface area (Å²) in [6, 6.07) is 13.9. The number of hydrogen-bond donors (Lipinski definition) is 1. The molecule has 4 nitrogen and oxygen atoms in total. The fourth-order valence-corrected chi connectivity index (χ4v) is 3.36. The highest BCUT2D eigenvalue weighted by atomic mass is 32.1. The molecule has 2 aromatic carbocycles. The lowest BCUT2D eigenvalue weighted by atomic mass is 10.1. The van der Waals surface area contributed by atoms with E-state index < -0.39 is 17.8 Å². The molecule has 0 aliphatic rings. The molecule has 0 spiro atoms. The third-order valence-electron chi connectivity index (χ3n) is 3.62. The first-order valence-corrected chi connectivity index (χ1v) is 8.87. The average molecular weight is 392 g/mol. The van der Waals surface area contributed by atoms with Gasteiger partial charge in [-0.05, 0) is 19.1 Å². The van der Waals surface area contributed by atoms with Crippen LogP contribution in [0.1, 0.15) is 12.5 Å². The summed E-state index contributed by atoms with van der Waals surface area (Å²) >= 11 is 1.17. The molecule has 8 heteroatoms. The lowest BCUT2D eigenvalue weighted by Crippen LogP contribution is -2.12. The maximum Gasteiger partial charge on any atom is 0.416 e. The van der Waals surface area contributed by atoms with Crippen molar-refractivity contribution in [1.82, 2.24) is 4.98 Å². The van der Waals surface area contributed by atoms with Gasteiger partial charge in [0.15, 0.2) is 0 Å². The van der Waals surface area contributed by atoms with Gasteiger partial charge >= 0.3 is 12.3 Å². The van der Waals surface area contributed by atoms with Crippen LogP contribution in [-0.2, 0) is 10.9 Å². The van der Waals surface area contributed by atoms with Gasteiger partial charge in [-0.15, -0.1) is 0 Å². The number of rotatable bonds is 4. The van der Waals surface area contributed by atoms with Gasteiger partial charge in [0, 0.05) is 11.1 Å². The lowest BCUT2D eigenvalue weighted by Gasteiger charge is -2.06. The van der Waals surface area contributed by atoms with E-state index >= 15 is 0 Å². The van der Waals surface area contributed by atoms with E-state index in [0.29, 0.717) is 21.3 Å². The van der Waals surface area contributed by atoms with Crippen molar-refractivity contribution in [2.45, 2.75) is 13.1 Å². The van der Waals surface area contributed by atoms with Gasteiger partial charge in [-0.1, -0.05) is 53.8 Å². The van der Waals surface area contributed by atoms with E-state index in [1.807, 2.05) is 30.3 Å². The molecule has 0 aliphatic heterocycles. The molecule has 0 aliphatic carbocycles. The van der Waals surface area contributed by atoms with Crippen molar-refractivity contribution in [2.24, 2.45) is 0 Å². The third-order valence-corrected chi connectivity index (χ3v) is 4.64. The van der Waals surface area contributed by atoms with Crippen LogP contribution in [0.2, 0.25) is 0 Å². The topological polar surface area (TPSA) is 51.2 Å². The third kappa shape index (κ3) is 4.46. The number of thiazole rings is 1. The van der Waals surface area contributed by atoms with E-state index in [1.165, 1.54) is 23.5 Å². The second kappa shape index (κ2) is 7.79. The summed E-state index contributed by atoms with van der Waals surface area (Å²) in [6.07, 6.45) is -5.01. The Balaban J connectivity index is 1.99. The van der Waals surface area contributed by atoms with E-state index in [-0.39, 0.29) is 6.61 Å². The second-order valence-corrected chi connectivity index (χ2v) is 6.48. The largest absolute Gasteiger partial charge is 0.450 e. The molecular weight excluding hydrogens is 377 g/mol. The first-order valence-electron chi connectivity index (χ1n) is 8.06. The number of nitrogens with zero attached hydrogens (tertiary/aromatic N) is 1. The van der Waals surface area contributed by atoms with Gasteiger partial charge in [0.05, 0.1) is 12.2 Å². The van der Waals surface area contributed by atoms with Crippen molar-refractivity contribution in [3.05, 3.63) is 60.2 Å². The highest BCUT2D eigenvalue weighted by Gasteiger charge is 2.30. The Morgan fingerprint density at radius 3 is 2.33 bits per heavy atom. The molecule has 0 saturated heterocycles. The summed E-state index contributed by atoms with van der Waals surface area (Å²) in [6.45, 7) is 1.91. The van der Waals surface area contributed by atoms with Crippen LogP contribution in [0.15, 0.2) is 54.6 Å². The molecule has 140 valence electrons. The van der Waals surface area contributed by atoms with Crippen LogP contribution in [-0.4, -0.2) is 17.7 Å². The van der Waals surface area contributed by atoms with E-state index in [2.05, 4.69) is 10.3 Å². The quantitative estimate of drug-likeness (QED) is 0.587. The average Bonchev–Trinajstić information content (AvgIpc) is 3.06. The van der Waals surface area contributed by atoms with Crippen LogP contribution in [0.5, 0.6) is 0 Å². The lowest BCUT2D eigenvalue weighted by molar-refractivity contribution is -0.137. The molecule has 0 atom stereocenters. The molecule has 0 fully saturated rings. The monoisotopic (exact) mass is 392 g/mol. The number of halogens is 3. The Morgan fingerprint density at radius 2 is 1.74 bits per heavy atom. The molecule has 3 aromatic rings. The molecule has 27 heavy (non-hydrogen) atoms. The summed E-state index contributed by atoms with van der Waals surface area (Å²) in [7, 11) is 0. The van der Waals surface area contributed by atoms with Gasteiger partial charge in [0.1, 0.15) is 15.7 Å². The number of aromatic nitrogens is 1. The van der Waals surface area contributed by atoms with E-state index in [4.69, 9.17) is 4.74 Å². The fraction of sp³-hybridized carbons (Fsp3) is 0.158. The number of hydrogen-bond acceptors (Lipinski definition) is 4. The molecular formula is C19H15F3N2O2S. The number of anilines is 1. The van der Waals surface area contributed by atoms with Crippen LogP contribution in [0.3, 0.4) is 0 Å². The number of benzene rings is 2. The molecule has 0 unspecified atom stereocenters. The summed E-state index contributed by atoms with van der Waals surface area (Å²) in [5.41, 5.74) is 1.11. The number of carbonyl (C=O) groups is 1. The summed E-state index contributed by atoms with van der Waals surface area (Å²) < 4.78 is 43.2. The van der Waals surface area contributed by atoms with Crippen molar-refractivity contribution in [1.29, 1.82) is 0 Å². The fourth-order valence-electron chi connectivity index (χ4n) is 2.38. The van der Waals surface area contributed by atoms with E-state index in [0.717, 1.165) is 17.7 Å². The standard InChI is InChI=1S/C19H15F3N2O2S/c1-2-26-18(25)24-17-15(12-6-4-3-5-7-12)23-16(27-17)13-8-10-14(11-9-13)19(20,21)22/h3-11H,2H2,1H3,(H,24,25). The van der Waals surface area contributed by atoms with Crippen LogP contribution in [0, 0.1) is 0 Å². The molecule has 1 heterocycles. The predicted molar refractivity (Wildman–Crippen MR) is 98.6 cm³/mol.